The van der Waals surface area contributed by atoms with Crippen molar-refractivity contribution < 1.29 is 15.3 Å². The van der Waals surface area contributed by atoms with E-state index in [1.54, 1.807) is 6.07 Å². The number of allylic oxidation sites excluding steroid dienone is 2. The predicted octanol–water partition coefficient (Wildman–Crippen LogP) is 6.04. The van der Waals surface area contributed by atoms with Crippen LogP contribution >= 0.6 is 0 Å². The van der Waals surface area contributed by atoms with E-state index in [1.807, 2.05) is 0 Å². The van der Waals surface area contributed by atoms with Crippen molar-refractivity contribution in [1.82, 2.24) is 15.2 Å². The third-order valence-electron chi connectivity index (χ3n) is 5.52. The molecule has 0 aliphatic rings. The number of unbranched alkanes of at least 4 members (excludes halogenated alkanes) is 7. The number of aryl methyl sites for hydroxylation is 1. The van der Waals surface area contributed by atoms with Crippen LogP contribution in [0.15, 0.2) is 30.4 Å². The Balaban J connectivity index is 1.50. The zero-order chi connectivity index (χ0) is 22.3. The van der Waals surface area contributed by atoms with Crippen molar-refractivity contribution >= 4 is 0 Å². The van der Waals surface area contributed by atoms with Gasteiger partial charge in [0.1, 0.15) is 5.82 Å². The molecular formula is C25H39N3O3. The van der Waals surface area contributed by atoms with Crippen LogP contribution in [0.1, 0.15) is 89.8 Å². The summed E-state index contributed by atoms with van der Waals surface area (Å²) >= 11 is 0. The Morgan fingerprint density at radius 1 is 0.903 bits per heavy atom. The highest BCUT2D eigenvalue weighted by Crippen LogP contribution is 2.28. The summed E-state index contributed by atoms with van der Waals surface area (Å²) in [6.45, 7) is 2.22. The van der Waals surface area contributed by atoms with Gasteiger partial charge in [-0.05, 0) is 56.7 Å². The van der Waals surface area contributed by atoms with E-state index in [4.69, 9.17) is 0 Å². The Morgan fingerprint density at radius 2 is 1.68 bits per heavy atom. The lowest BCUT2D eigenvalue weighted by atomic mass is 10.0. The Labute approximate surface area is 186 Å². The van der Waals surface area contributed by atoms with E-state index in [1.165, 1.54) is 37.8 Å². The molecule has 1 aromatic heterocycles. The number of nitrogens with one attached hydrogen (secondary N) is 1. The summed E-state index contributed by atoms with van der Waals surface area (Å²) in [5, 5.41) is 36.2. The number of aromatic hydroxyl groups is 2. The Bertz CT molecular complexity index is 773. The molecule has 6 nitrogen and oxygen atoms in total. The van der Waals surface area contributed by atoms with E-state index in [2.05, 4.69) is 34.3 Å². The molecule has 31 heavy (non-hydrogen) atoms. The van der Waals surface area contributed by atoms with E-state index in [0.717, 1.165) is 63.6 Å². The van der Waals surface area contributed by atoms with E-state index < -0.39 is 0 Å². The number of aliphatic hydroxyl groups excluding tert-OH is 1. The average molecular weight is 430 g/mol. The molecule has 0 saturated carbocycles. The molecule has 0 amide bonds. The first-order valence-electron chi connectivity index (χ1n) is 11.9. The first-order chi connectivity index (χ1) is 15.1. The van der Waals surface area contributed by atoms with Gasteiger partial charge in [0.2, 0.25) is 0 Å². The maximum atomic E-state index is 10.1. The normalized spacial score (nSPS) is 12.6. The molecule has 0 unspecified atom stereocenters. The molecule has 172 valence electrons. The molecule has 0 fully saturated rings. The standard InChI is InChI=1S/C25H39N3O3/c1-2-3-4-5-6-8-11-14-21(29)15-12-9-7-10-13-16-24-26-25(28-27-24)20-17-18-22(30)23(31)19-20/h6,8,17-19,21,29-31H,2-5,7,9-16H2,1H3,(H,26,27,28)/b8-6-/t21-/m0/s1. The predicted molar refractivity (Wildman–Crippen MR) is 125 cm³/mol. The molecule has 4 N–H and O–H groups in total. The molecule has 0 bridgehead atoms. The van der Waals surface area contributed by atoms with Gasteiger partial charge in [0.15, 0.2) is 17.3 Å². The highest BCUT2D eigenvalue weighted by atomic mass is 16.3. The zero-order valence-electron chi connectivity index (χ0n) is 18.9. The molecule has 1 atom stereocenters. The van der Waals surface area contributed by atoms with Crippen molar-refractivity contribution in [3.8, 4) is 22.9 Å². The van der Waals surface area contributed by atoms with Gasteiger partial charge in [0.05, 0.1) is 6.10 Å². The van der Waals surface area contributed by atoms with Crippen molar-refractivity contribution in [1.29, 1.82) is 0 Å². The number of rotatable bonds is 16. The minimum absolute atomic E-state index is 0.151. The van der Waals surface area contributed by atoms with Crippen LogP contribution in [0.2, 0.25) is 0 Å². The number of H-pyrrole nitrogens is 1. The monoisotopic (exact) mass is 429 g/mol. The summed E-state index contributed by atoms with van der Waals surface area (Å²) < 4.78 is 0. The van der Waals surface area contributed by atoms with E-state index in [-0.39, 0.29) is 17.6 Å². The van der Waals surface area contributed by atoms with Gasteiger partial charge in [-0.15, -0.1) is 0 Å². The van der Waals surface area contributed by atoms with Gasteiger partial charge >= 0.3 is 0 Å². The first kappa shape index (κ1) is 24.9. The molecule has 2 rings (SSSR count). The second-order valence-electron chi connectivity index (χ2n) is 8.31. The quantitative estimate of drug-likeness (QED) is 0.148. The van der Waals surface area contributed by atoms with Crippen LogP contribution in [0.4, 0.5) is 0 Å². The molecule has 2 aromatic rings. The lowest BCUT2D eigenvalue weighted by molar-refractivity contribution is 0.152. The summed E-state index contributed by atoms with van der Waals surface area (Å²) in [6, 6.07) is 4.57. The van der Waals surface area contributed by atoms with Crippen LogP contribution in [-0.2, 0) is 6.42 Å². The Kier molecular flexibility index (Phi) is 11.8. The van der Waals surface area contributed by atoms with Crippen molar-refractivity contribution in [2.24, 2.45) is 0 Å². The van der Waals surface area contributed by atoms with Crippen molar-refractivity contribution in [2.75, 3.05) is 0 Å². The summed E-state index contributed by atoms with van der Waals surface area (Å²) in [5.41, 5.74) is 0.670. The highest BCUT2D eigenvalue weighted by Gasteiger charge is 2.09. The molecule has 1 aromatic carbocycles. The lowest BCUT2D eigenvalue weighted by Gasteiger charge is -2.08. The van der Waals surface area contributed by atoms with Crippen LogP contribution in [0, 0.1) is 0 Å². The van der Waals surface area contributed by atoms with Crippen LogP contribution in [0.25, 0.3) is 11.4 Å². The fourth-order valence-electron chi connectivity index (χ4n) is 3.58. The number of aliphatic hydroxyl groups is 1. The van der Waals surface area contributed by atoms with Gasteiger partial charge in [-0.25, -0.2) is 4.98 Å². The van der Waals surface area contributed by atoms with Crippen molar-refractivity contribution in [2.45, 2.75) is 96.5 Å². The Hall–Kier alpha value is -2.34. The fourth-order valence-corrected chi connectivity index (χ4v) is 3.58. The minimum Gasteiger partial charge on any atom is -0.504 e. The number of phenolic OH excluding ortho intramolecular Hbond substituents is 2. The summed E-state index contributed by atoms with van der Waals surface area (Å²) in [6.07, 6.45) is 18.5. The highest BCUT2D eigenvalue weighted by molar-refractivity contribution is 5.60. The second-order valence-corrected chi connectivity index (χ2v) is 8.31. The van der Waals surface area contributed by atoms with Gasteiger partial charge < -0.3 is 15.3 Å². The SMILES string of the molecule is CCCCC/C=C\CC[C@H](O)CCCCCCCc1nc(-c2ccc(O)c(O)c2)n[nH]1. The van der Waals surface area contributed by atoms with Gasteiger partial charge in [0.25, 0.3) is 0 Å². The topological polar surface area (TPSA) is 102 Å². The van der Waals surface area contributed by atoms with Gasteiger partial charge in [-0.1, -0.05) is 57.6 Å². The third-order valence-corrected chi connectivity index (χ3v) is 5.52. The number of hydrogen-bond acceptors (Lipinski definition) is 5. The smallest absolute Gasteiger partial charge is 0.181 e. The molecule has 0 spiro atoms. The van der Waals surface area contributed by atoms with Crippen LogP contribution < -0.4 is 0 Å². The molecular weight excluding hydrogens is 390 g/mol. The zero-order valence-corrected chi connectivity index (χ0v) is 18.9. The average Bonchev–Trinajstić information content (AvgIpc) is 3.23. The minimum atomic E-state index is -0.174. The number of benzene rings is 1. The number of hydrogen-bond donors (Lipinski definition) is 4. The van der Waals surface area contributed by atoms with E-state index in [9.17, 15) is 15.3 Å². The van der Waals surface area contributed by atoms with Crippen LogP contribution in [0.5, 0.6) is 11.5 Å². The van der Waals surface area contributed by atoms with Crippen LogP contribution in [-0.4, -0.2) is 36.6 Å². The van der Waals surface area contributed by atoms with Gasteiger partial charge in [0, 0.05) is 12.0 Å². The summed E-state index contributed by atoms with van der Waals surface area (Å²) in [4.78, 5) is 4.47. The maximum absolute atomic E-state index is 10.1. The largest absolute Gasteiger partial charge is 0.504 e. The summed E-state index contributed by atoms with van der Waals surface area (Å²) in [5.74, 6) is 1.03. The third kappa shape index (κ3) is 10.0. The number of nitrogens with zero attached hydrogens (tertiary/aromatic N) is 2. The maximum Gasteiger partial charge on any atom is 0.181 e. The van der Waals surface area contributed by atoms with Crippen LogP contribution in [0.3, 0.4) is 0 Å². The van der Waals surface area contributed by atoms with Gasteiger partial charge in [-0.2, -0.15) is 5.10 Å². The molecule has 0 radical (unpaired) electrons. The number of phenols is 2. The fraction of sp³-hybridized carbons (Fsp3) is 0.600. The molecule has 0 saturated heterocycles. The molecule has 0 aliphatic carbocycles. The Morgan fingerprint density at radius 3 is 2.48 bits per heavy atom. The van der Waals surface area contributed by atoms with Crippen molar-refractivity contribution in [3.05, 3.63) is 36.2 Å². The molecule has 0 aliphatic heterocycles. The molecule has 6 heteroatoms. The molecule has 1 heterocycles. The second kappa shape index (κ2) is 14.6. The van der Waals surface area contributed by atoms with E-state index >= 15 is 0 Å². The lowest BCUT2D eigenvalue weighted by Crippen LogP contribution is -2.05. The number of aromatic amines is 1. The van der Waals surface area contributed by atoms with Gasteiger partial charge in [-0.3, -0.25) is 5.10 Å². The first-order valence-corrected chi connectivity index (χ1v) is 11.9. The van der Waals surface area contributed by atoms with E-state index in [0.29, 0.717) is 11.4 Å². The van der Waals surface area contributed by atoms with Crippen molar-refractivity contribution in [3.63, 3.8) is 0 Å². The summed E-state index contributed by atoms with van der Waals surface area (Å²) in [7, 11) is 0. The number of aromatic nitrogens is 3.